The zero-order chi connectivity index (χ0) is 19.4. The van der Waals surface area contributed by atoms with Crippen LogP contribution in [-0.2, 0) is 6.61 Å². The number of carbonyl (C=O) groups excluding carboxylic acids is 1. The van der Waals surface area contributed by atoms with Gasteiger partial charge in [0.15, 0.2) is 0 Å². The summed E-state index contributed by atoms with van der Waals surface area (Å²) < 4.78 is 5.98. The number of para-hydroxylation sites is 1. The Morgan fingerprint density at radius 1 is 1.22 bits per heavy atom. The lowest BCUT2D eigenvalue weighted by atomic mass is 10.2. The first-order valence-electron chi connectivity index (χ1n) is 8.36. The van der Waals surface area contributed by atoms with Crippen LogP contribution in [0.1, 0.15) is 23.0 Å². The first-order chi connectivity index (χ1) is 13.0. The Morgan fingerprint density at radius 3 is 2.74 bits per heavy atom. The molecule has 0 aliphatic carbocycles. The van der Waals surface area contributed by atoms with Crippen LogP contribution in [-0.4, -0.2) is 29.4 Å². The van der Waals surface area contributed by atoms with Crippen molar-refractivity contribution >= 4 is 40.4 Å². The van der Waals surface area contributed by atoms with E-state index in [9.17, 15) is 4.79 Å². The lowest BCUT2D eigenvalue weighted by molar-refractivity contribution is 0.0797. The summed E-state index contributed by atoms with van der Waals surface area (Å²) in [4.78, 5) is 18.4. The topological polar surface area (TPSA) is 42.4 Å². The van der Waals surface area contributed by atoms with E-state index >= 15 is 0 Å². The molecule has 1 aromatic heterocycles. The molecule has 0 unspecified atom stereocenters. The molecule has 2 aromatic carbocycles. The molecule has 1 amide bonds. The van der Waals surface area contributed by atoms with Gasteiger partial charge in [0, 0.05) is 34.6 Å². The molecule has 0 N–H and O–H groups in total. The van der Waals surface area contributed by atoms with E-state index in [1.807, 2.05) is 37.3 Å². The van der Waals surface area contributed by atoms with E-state index in [2.05, 4.69) is 4.98 Å². The monoisotopic (exact) mass is 420 g/mol. The van der Waals surface area contributed by atoms with Crippen LogP contribution < -0.4 is 4.74 Å². The van der Waals surface area contributed by atoms with Crippen molar-refractivity contribution in [1.29, 1.82) is 0 Å². The minimum Gasteiger partial charge on any atom is -0.488 e. The summed E-state index contributed by atoms with van der Waals surface area (Å²) in [6.07, 6.45) is 0. The molecule has 4 nitrogen and oxygen atoms in total. The van der Waals surface area contributed by atoms with Crippen LogP contribution in [0.4, 0.5) is 0 Å². The van der Waals surface area contributed by atoms with Crippen molar-refractivity contribution in [2.75, 3.05) is 13.6 Å². The smallest absolute Gasteiger partial charge is 0.273 e. The van der Waals surface area contributed by atoms with Crippen molar-refractivity contribution in [2.45, 2.75) is 13.5 Å². The van der Waals surface area contributed by atoms with Crippen LogP contribution in [0.5, 0.6) is 5.75 Å². The van der Waals surface area contributed by atoms with E-state index in [4.69, 9.17) is 27.9 Å². The first kappa shape index (κ1) is 19.7. The highest BCUT2D eigenvalue weighted by Crippen LogP contribution is 2.33. The number of rotatable bonds is 6. The Balaban J connectivity index is 1.82. The average molecular weight is 421 g/mol. The summed E-state index contributed by atoms with van der Waals surface area (Å²) in [5.41, 5.74) is 2.12. The molecule has 0 aliphatic heterocycles. The third-order valence-corrected chi connectivity index (χ3v) is 5.52. The summed E-state index contributed by atoms with van der Waals surface area (Å²) in [7, 11) is 1.76. The number of halogens is 2. The molecule has 0 bridgehead atoms. The van der Waals surface area contributed by atoms with Gasteiger partial charge in [-0.05, 0) is 31.2 Å². The molecule has 27 heavy (non-hydrogen) atoms. The number of carbonyl (C=O) groups is 1. The van der Waals surface area contributed by atoms with Crippen molar-refractivity contribution in [2.24, 2.45) is 0 Å². The molecule has 0 atom stereocenters. The molecule has 0 aliphatic rings. The third kappa shape index (κ3) is 4.61. The molecule has 0 spiro atoms. The SMILES string of the molecule is CCN(C)C(=O)c1csc(-c2ccccc2OCc2ccc(Cl)cc2Cl)n1. The van der Waals surface area contributed by atoms with Crippen molar-refractivity contribution in [1.82, 2.24) is 9.88 Å². The highest BCUT2D eigenvalue weighted by molar-refractivity contribution is 7.13. The summed E-state index contributed by atoms with van der Waals surface area (Å²) in [6, 6.07) is 12.9. The van der Waals surface area contributed by atoms with Crippen molar-refractivity contribution in [3.05, 3.63) is 69.1 Å². The molecule has 0 saturated carbocycles. The fourth-order valence-corrected chi connectivity index (χ4v) is 3.68. The quantitative estimate of drug-likeness (QED) is 0.506. The van der Waals surface area contributed by atoms with E-state index in [0.29, 0.717) is 34.6 Å². The maximum absolute atomic E-state index is 12.3. The second-order valence-corrected chi connectivity index (χ2v) is 7.58. The molecule has 3 aromatic rings. The Kier molecular flexibility index (Phi) is 6.37. The average Bonchev–Trinajstić information content (AvgIpc) is 3.16. The lowest BCUT2D eigenvalue weighted by Crippen LogP contribution is -2.26. The van der Waals surface area contributed by atoms with Crippen LogP contribution in [0.3, 0.4) is 0 Å². The van der Waals surface area contributed by atoms with Crippen LogP contribution in [0.2, 0.25) is 10.0 Å². The molecule has 0 fully saturated rings. The van der Waals surface area contributed by atoms with Gasteiger partial charge in [-0.1, -0.05) is 41.4 Å². The van der Waals surface area contributed by atoms with Gasteiger partial charge < -0.3 is 9.64 Å². The van der Waals surface area contributed by atoms with Crippen LogP contribution in [0, 0.1) is 0 Å². The second kappa shape index (κ2) is 8.74. The zero-order valence-corrected chi connectivity index (χ0v) is 17.2. The van der Waals surface area contributed by atoms with E-state index in [1.54, 1.807) is 29.5 Å². The molecule has 3 rings (SSSR count). The number of hydrogen-bond donors (Lipinski definition) is 0. The molecular weight excluding hydrogens is 403 g/mol. The van der Waals surface area contributed by atoms with Crippen molar-refractivity contribution < 1.29 is 9.53 Å². The van der Waals surface area contributed by atoms with Gasteiger partial charge in [0.25, 0.3) is 5.91 Å². The van der Waals surface area contributed by atoms with Crippen LogP contribution in [0.25, 0.3) is 10.6 Å². The van der Waals surface area contributed by atoms with Crippen LogP contribution >= 0.6 is 34.5 Å². The lowest BCUT2D eigenvalue weighted by Gasteiger charge is -2.12. The number of benzene rings is 2. The Labute approximate surface area is 172 Å². The van der Waals surface area contributed by atoms with Crippen molar-refractivity contribution in [3.63, 3.8) is 0 Å². The molecule has 7 heteroatoms. The van der Waals surface area contributed by atoms with E-state index in [-0.39, 0.29) is 5.91 Å². The fraction of sp³-hybridized carbons (Fsp3) is 0.200. The summed E-state index contributed by atoms with van der Waals surface area (Å²) in [5.74, 6) is 0.590. The number of thiazole rings is 1. The molecule has 140 valence electrons. The van der Waals surface area contributed by atoms with Crippen molar-refractivity contribution in [3.8, 4) is 16.3 Å². The first-order valence-corrected chi connectivity index (χ1v) is 10.00. The fourth-order valence-electron chi connectivity index (χ4n) is 2.40. The molecule has 0 radical (unpaired) electrons. The largest absolute Gasteiger partial charge is 0.488 e. The number of aromatic nitrogens is 1. The van der Waals surface area contributed by atoms with E-state index in [1.165, 1.54) is 11.3 Å². The Hall–Kier alpha value is -2.08. The predicted octanol–water partition coefficient (Wildman–Crippen LogP) is 5.79. The normalized spacial score (nSPS) is 10.7. The third-order valence-electron chi connectivity index (χ3n) is 4.06. The van der Waals surface area contributed by atoms with Gasteiger partial charge in [0.1, 0.15) is 23.1 Å². The van der Waals surface area contributed by atoms with Gasteiger partial charge in [-0.2, -0.15) is 0 Å². The minimum atomic E-state index is -0.0913. The van der Waals surface area contributed by atoms with E-state index in [0.717, 1.165) is 16.1 Å². The summed E-state index contributed by atoms with van der Waals surface area (Å²) >= 11 is 13.6. The maximum Gasteiger partial charge on any atom is 0.273 e. The van der Waals surface area contributed by atoms with Gasteiger partial charge in [0.2, 0.25) is 0 Å². The second-order valence-electron chi connectivity index (χ2n) is 5.88. The van der Waals surface area contributed by atoms with E-state index < -0.39 is 0 Å². The summed E-state index contributed by atoms with van der Waals surface area (Å²) in [5, 5.41) is 3.66. The number of hydrogen-bond acceptors (Lipinski definition) is 4. The summed E-state index contributed by atoms with van der Waals surface area (Å²) in [6.45, 7) is 2.87. The molecule has 0 saturated heterocycles. The standard InChI is InChI=1S/C20H18Cl2N2O2S/c1-3-24(2)20(25)17-12-27-19(23-17)15-6-4-5-7-18(15)26-11-13-8-9-14(21)10-16(13)22/h4-10,12H,3,11H2,1-2H3. The number of amides is 1. The van der Waals surface area contributed by atoms with Gasteiger partial charge in [-0.25, -0.2) is 4.98 Å². The van der Waals surface area contributed by atoms with Gasteiger partial charge in [-0.3, -0.25) is 4.79 Å². The van der Waals surface area contributed by atoms with Gasteiger partial charge >= 0.3 is 0 Å². The molecule has 1 heterocycles. The van der Waals surface area contributed by atoms with Gasteiger partial charge in [0.05, 0.1) is 5.56 Å². The highest BCUT2D eigenvalue weighted by Gasteiger charge is 2.17. The predicted molar refractivity (Wildman–Crippen MR) is 111 cm³/mol. The minimum absolute atomic E-state index is 0.0913. The molecular formula is C20H18Cl2N2O2S. The number of ether oxygens (including phenoxy) is 1. The number of nitrogens with zero attached hydrogens (tertiary/aromatic N) is 2. The highest BCUT2D eigenvalue weighted by atomic mass is 35.5. The maximum atomic E-state index is 12.3. The van der Waals surface area contributed by atoms with Crippen LogP contribution in [0.15, 0.2) is 47.8 Å². The Morgan fingerprint density at radius 2 is 2.00 bits per heavy atom. The Bertz CT molecular complexity index is 959. The van der Waals surface area contributed by atoms with Gasteiger partial charge in [-0.15, -0.1) is 11.3 Å². The zero-order valence-electron chi connectivity index (χ0n) is 14.9.